The zero-order valence-corrected chi connectivity index (χ0v) is 9.78. The molecule has 0 aromatic carbocycles. The standard InChI is InChI=1S/C12H18O4/c1-11-6-3-4-8(10(14)16-2)12(11,15)7-5-9(11)13/h8,15H,3-7H2,1-2H3/t8-,11-,12+/m1/s1. The van der Waals surface area contributed by atoms with Crippen LogP contribution in [0.4, 0.5) is 0 Å². The lowest BCUT2D eigenvalue weighted by atomic mass is 9.61. The van der Waals surface area contributed by atoms with Gasteiger partial charge in [0.05, 0.1) is 24.0 Å². The maximum Gasteiger partial charge on any atom is 0.311 e. The molecule has 2 rings (SSSR count). The van der Waals surface area contributed by atoms with Gasteiger partial charge >= 0.3 is 5.97 Å². The molecule has 0 aromatic heterocycles. The number of rotatable bonds is 1. The van der Waals surface area contributed by atoms with Crippen LogP contribution in [0.3, 0.4) is 0 Å². The average molecular weight is 226 g/mol. The number of fused-ring (bicyclic) bond motifs is 1. The van der Waals surface area contributed by atoms with Crippen LogP contribution < -0.4 is 0 Å². The van der Waals surface area contributed by atoms with E-state index in [-0.39, 0.29) is 11.8 Å². The lowest BCUT2D eigenvalue weighted by Crippen LogP contribution is -2.56. The molecule has 0 bridgehead atoms. The summed E-state index contributed by atoms with van der Waals surface area (Å²) < 4.78 is 4.73. The molecule has 2 saturated carbocycles. The van der Waals surface area contributed by atoms with E-state index in [1.54, 1.807) is 6.92 Å². The van der Waals surface area contributed by atoms with Gasteiger partial charge in [0, 0.05) is 6.42 Å². The van der Waals surface area contributed by atoms with E-state index < -0.39 is 16.9 Å². The second-order valence-corrected chi connectivity index (χ2v) is 5.15. The first-order valence-corrected chi connectivity index (χ1v) is 5.79. The highest BCUT2D eigenvalue weighted by Crippen LogP contribution is 2.55. The van der Waals surface area contributed by atoms with Crippen LogP contribution in [-0.4, -0.2) is 29.6 Å². The third kappa shape index (κ3) is 1.25. The number of ketones is 1. The van der Waals surface area contributed by atoms with Crippen LogP contribution in [0.1, 0.15) is 39.0 Å². The van der Waals surface area contributed by atoms with Gasteiger partial charge in [-0.3, -0.25) is 9.59 Å². The van der Waals surface area contributed by atoms with E-state index in [4.69, 9.17) is 4.74 Å². The van der Waals surface area contributed by atoms with Crippen LogP contribution in [0.5, 0.6) is 0 Å². The first-order valence-electron chi connectivity index (χ1n) is 5.79. The molecule has 0 unspecified atom stereocenters. The Morgan fingerprint density at radius 2 is 2.19 bits per heavy atom. The predicted octanol–water partition coefficient (Wildman–Crippen LogP) is 1.06. The molecule has 0 radical (unpaired) electrons. The number of aliphatic hydroxyl groups is 1. The van der Waals surface area contributed by atoms with Gasteiger partial charge in [-0.2, -0.15) is 0 Å². The minimum absolute atomic E-state index is 0.0867. The molecular formula is C12H18O4. The quantitative estimate of drug-likeness (QED) is 0.679. The highest BCUT2D eigenvalue weighted by Gasteiger charge is 2.63. The Labute approximate surface area is 95.0 Å². The van der Waals surface area contributed by atoms with Crippen LogP contribution >= 0.6 is 0 Å². The molecule has 1 N–H and O–H groups in total. The van der Waals surface area contributed by atoms with Crippen LogP contribution in [0.15, 0.2) is 0 Å². The summed E-state index contributed by atoms with van der Waals surface area (Å²) in [5, 5.41) is 10.7. The van der Waals surface area contributed by atoms with Crippen molar-refractivity contribution in [2.45, 2.75) is 44.6 Å². The minimum Gasteiger partial charge on any atom is -0.469 e. The smallest absolute Gasteiger partial charge is 0.311 e. The lowest BCUT2D eigenvalue weighted by Gasteiger charge is -2.46. The maximum absolute atomic E-state index is 11.9. The number of Topliss-reactive ketones (excluding diaryl/α,β-unsaturated/α-hetero) is 1. The molecule has 3 atom stereocenters. The van der Waals surface area contributed by atoms with E-state index in [1.807, 2.05) is 0 Å². The highest BCUT2D eigenvalue weighted by atomic mass is 16.5. The topological polar surface area (TPSA) is 63.6 Å². The molecule has 0 heterocycles. The third-order valence-electron chi connectivity index (χ3n) is 4.54. The number of methoxy groups -OCH3 is 1. The van der Waals surface area contributed by atoms with E-state index in [9.17, 15) is 14.7 Å². The highest BCUT2D eigenvalue weighted by molar-refractivity contribution is 5.90. The maximum atomic E-state index is 11.9. The lowest BCUT2D eigenvalue weighted by molar-refractivity contribution is -0.176. The molecule has 2 aliphatic carbocycles. The predicted molar refractivity (Wildman–Crippen MR) is 56.7 cm³/mol. The Bertz CT molecular complexity index is 338. The van der Waals surface area contributed by atoms with Gasteiger partial charge in [0.15, 0.2) is 0 Å². The Morgan fingerprint density at radius 1 is 1.50 bits per heavy atom. The summed E-state index contributed by atoms with van der Waals surface area (Å²) in [4.78, 5) is 23.5. The Hall–Kier alpha value is -0.900. The first-order chi connectivity index (χ1) is 7.45. The molecule has 4 heteroatoms. The fourth-order valence-electron chi connectivity index (χ4n) is 3.37. The summed E-state index contributed by atoms with van der Waals surface area (Å²) in [6, 6.07) is 0. The molecule has 90 valence electrons. The molecule has 0 amide bonds. The summed E-state index contributed by atoms with van der Waals surface area (Å²) in [6.45, 7) is 1.79. The van der Waals surface area contributed by atoms with Gasteiger partial charge in [0.1, 0.15) is 5.78 Å². The van der Waals surface area contributed by atoms with Crippen molar-refractivity contribution in [3.63, 3.8) is 0 Å². The van der Waals surface area contributed by atoms with Crippen LogP contribution in [0.2, 0.25) is 0 Å². The van der Waals surface area contributed by atoms with Crippen molar-refractivity contribution in [3.05, 3.63) is 0 Å². The molecule has 16 heavy (non-hydrogen) atoms. The molecule has 2 aliphatic rings. The van der Waals surface area contributed by atoms with Gasteiger partial charge in [-0.05, 0) is 26.2 Å². The van der Waals surface area contributed by atoms with Gasteiger partial charge in [-0.1, -0.05) is 6.42 Å². The molecule has 0 aromatic rings. The first kappa shape index (κ1) is 11.6. The summed E-state index contributed by atoms with van der Waals surface area (Å²) in [6.07, 6.45) is 2.86. The second kappa shape index (κ2) is 3.55. The zero-order valence-electron chi connectivity index (χ0n) is 9.78. The average Bonchev–Trinajstić information content (AvgIpc) is 2.51. The number of hydrogen-bond donors (Lipinski definition) is 1. The van der Waals surface area contributed by atoms with E-state index in [0.29, 0.717) is 25.7 Å². The number of esters is 1. The fourth-order valence-corrected chi connectivity index (χ4v) is 3.37. The van der Waals surface area contributed by atoms with Crippen molar-refractivity contribution in [1.29, 1.82) is 0 Å². The van der Waals surface area contributed by atoms with Crippen molar-refractivity contribution in [2.75, 3.05) is 7.11 Å². The SMILES string of the molecule is COC(=O)[C@H]1CCC[C@]2(C)C(=O)CC[C@]12O. The summed E-state index contributed by atoms with van der Waals surface area (Å²) >= 11 is 0. The molecule has 4 nitrogen and oxygen atoms in total. The van der Waals surface area contributed by atoms with E-state index in [1.165, 1.54) is 7.11 Å². The van der Waals surface area contributed by atoms with E-state index in [0.717, 1.165) is 6.42 Å². The van der Waals surface area contributed by atoms with Gasteiger partial charge in [0.2, 0.25) is 0 Å². The zero-order chi connectivity index (χ0) is 12.0. The Balaban J connectivity index is 2.38. The van der Waals surface area contributed by atoms with Crippen molar-refractivity contribution < 1.29 is 19.4 Å². The molecule has 0 aliphatic heterocycles. The van der Waals surface area contributed by atoms with E-state index in [2.05, 4.69) is 0 Å². The number of carbonyl (C=O) groups is 2. The fraction of sp³-hybridized carbons (Fsp3) is 0.833. The van der Waals surface area contributed by atoms with E-state index >= 15 is 0 Å². The van der Waals surface area contributed by atoms with Crippen LogP contribution in [-0.2, 0) is 14.3 Å². The molecule has 2 fully saturated rings. The Morgan fingerprint density at radius 3 is 2.81 bits per heavy atom. The van der Waals surface area contributed by atoms with Crippen molar-refractivity contribution in [1.82, 2.24) is 0 Å². The van der Waals surface area contributed by atoms with Gasteiger partial charge in [-0.25, -0.2) is 0 Å². The Kier molecular flexibility index (Phi) is 2.57. The number of ether oxygens (including phenoxy) is 1. The monoisotopic (exact) mass is 226 g/mol. The normalized spacial score (nSPS) is 42.9. The number of carbonyl (C=O) groups excluding carboxylic acids is 2. The molecular weight excluding hydrogens is 208 g/mol. The van der Waals surface area contributed by atoms with Gasteiger partial charge in [-0.15, -0.1) is 0 Å². The van der Waals surface area contributed by atoms with Crippen molar-refractivity contribution in [2.24, 2.45) is 11.3 Å². The van der Waals surface area contributed by atoms with Crippen LogP contribution in [0.25, 0.3) is 0 Å². The van der Waals surface area contributed by atoms with Gasteiger partial charge in [0.25, 0.3) is 0 Å². The molecule has 0 saturated heterocycles. The van der Waals surface area contributed by atoms with Crippen LogP contribution in [0, 0.1) is 11.3 Å². The van der Waals surface area contributed by atoms with Gasteiger partial charge < -0.3 is 9.84 Å². The number of hydrogen-bond acceptors (Lipinski definition) is 4. The summed E-state index contributed by atoms with van der Waals surface area (Å²) in [7, 11) is 1.33. The second-order valence-electron chi connectivity index (χ2n) is 5.15. The largest absolute Gasteiger partial charge is 0.469 e. The van der Waals surface area contributed by atoms with Crippen molar-refractivity contribution >= 4 is 11.8 Å². The van der Waals surface area contributed by atoms with Crippen molar-refractivity contribution in [3.8, 4) is 0 Å². The minimum atomic E-state index is -1.19. The molecule has 0 spiro atoms. The third-order valence-corrected chi connectivity index (χ3v) is 4.54. The summed E-state index contributed by atoms with van der Waals surface area (Å²) in [5.41, 5.74) is -1.93. The summed E-state index contributed by atoms with van der Waals surface area (Å²) in [5.74, 6) is -0.838.